The Labute approximate surface area is 107 Å². The van der Waals surface area contributed by atoms with Gasteiger partial charge in [0.15, 0.2) is 0 Å². The summed E-state index contributed by atoms with van der Waals surface area (Å²) in [5.74, 6) is 7.84. The van der Waals surface area contributed by atoms with Gasteiger partial charge in [-0.1, -0.05) is 31.8 Å². The molecule has 1 nitrogen and oxygen atoms in total. The molecule has 0 fully saturated rings. The lowest BCUT2D eigenvalue weighted by Crippen LogP contribution is -1.95. The van der Waals surface area contributed by atoms with Crippen molar-refractivity contribution in [1.29, 1.82) is 0 Å². The van der Waals surface area contributed by atoms with Gasteiger partial charge in [-0.25, -0.2) is 4.39 Å². The molecular formula is C14H18FNS. The van der Waals surface area contributed by atoms with Gasteiger partial charge in [0.1, 0.15) is 5.82 Å². The summed E-state index contributed by atoms with van der Waals surface area (Å²) < 4.78 is 13.4. The zero-order valence-electron chi connectivity index (χ0n) is 10.3. The highest BCUT2D eigenvalue weighted by atomic mass is 32.2. The fourth-order valence-corrected chi connectivity index (χ4v) is 2.32. The second-order valence-corrected chi connectivity index (χ2v) is 5.26. The molecule has 0 aliphatic carbocycles. The Morgan fingerprint density at radius 3 is 2.82 bits per heavy atom. The molecule has 0 radical (unpaired) electrons. The summed E-state index contributed by atoms with van der Waals surface area (Å²) in [6.45, 7) is 4.64. The number of hydrogen-bond donors (Lipinski definition) is 1. The van der Waals surface area contributed by atoms with Gasteiger partial charge in [-0.15, -0.1) is 0 Å². The molecule has 1 aromatic rings. The van der Waals surface area contributed by atoms with Crippen LogP contribution in [0.3, 0.4) is 0 Å². The third-order valence-electron chi connectivity index (χ3n) is 2.08. The quantitative estimate of drug-likeness (QED) is 0.832. The Morgan fingerprint density at radius 2 is 2.18 bits per heavy atom. The number of rotatable bonds is 4. The number of thioether (sulfide) groups is 1. The highest BCUT2D eigenvalue weighted by Gasteiger charge is 2.02. The molecule has 0 saturated heterocycles. The fourth-order valence-electron chi connectivity index (χ4n) is 1.32. The van der Waals surface area contributed by atoms with Crippen molar-refractivity contribution >= 4 is 11.8 Å². The molecule has 0 atom stereocenters. The normalized spacial score (nSPS) is 10.2. The number of benzene rings is 1. The van der Waals surface area contributed by atoms with E-state index in [1.165, 1.54) is 6.07 Å². The topological polar surface area (TPSA) is 26.0 Å². The van der Waals surface area contributed by atoms with Crippen LogP contribution in [0.1, 0.15) is 25.0 Å². The summed E-state index contributed by atoms with van der Waals surface area (Å²) >= 11 is 1.86. The molecule has 1 rings (SSSR count). The molecule has 3 heteroatoms. The highest BCUT2D eigenvalue weighted by Crippen LogP contribution is 2.17. The molecule has 0 aliphatic rings. The van der Waals surface area contributed by atoms with Crippen molar-refractivity contribution in [3.8, 4) is 11.8 Å². The van der Waals surface area contributed by atoms with Gasteiger partial charge in [0.2, 0.25) is 0 Å². The minimum atomic E-state index is -0.274. The van der Waals surface area contributed by atoms with Crippen LogP contribution in [0, 0.1) is 23.6 Å². The van der Waals surface area contributed by atoms with Gasteiger partial charge in [0.05, 0.1) is 12.1 Å². The first kappa shape index (κ1) is 14.1. The average molecular weight is 251 g/mol. The molecule has 92 valence electrons. The Hall–Kier alpha value is -0.980. The van der Waals surface area contributed by atoms with E-state index >= 15 is 0 Å². The lowest BCUT2D eigenvalue weighted by Gasteiger charge is -2.05. The maximum Gasteiger partial charge on any atom is 0.138 e. The molecule has 0 unspecified atom stereocenters. The van der Waals surface area contributed by atoms with E-state index in [-0.39, 0.29) is 12.4 Å². The van der Waals surface area contributed by atoms with E-state index in [1.54, 1.807) is 0 Å². The maximum absolute atomic E-state index is 13.4. The van der Waals surface area contributed by atoms with E-state index in [4.69, 9.17) is 5.73 Å². The van der Waals surface area contributed by atoms with Crippen LogP contribution in [0.25, 0.3) is 0 Å². The van der Waals surface area contributed by atoms with Crippen molar-refractivity contribution in [1.82, 2.24) is 0 Å². The lowest BCUT2D eigenvalue weighted by molar-refractivity contribution is 0.624. The Bertz CT molecular complexity index is 418. The molecular weight excluding hydrogens is 233 g/mol. The summed E-state index contributed by atoms with van der Waals surface area (Å²) in [6.07, 6.45) is 0. The number of halogens is 1. The van der Waals surface area contributed by atoms with Crippen molar-refractivity contribution in [3.05, 3.63) is 35.1 Å². The Balaban J connectivity index is 2.68. The number of hydrogen-bond acceptors (Lipinski definition) is 2. The average Bonchev–Trinajstić information content (AvgIpc) is 2.29. The molecule has 0 aliphatic heterocycles. The summed E-state index contributed by atoms with van der Waals surface area (Å²) in [4.78, 5) is 0. The maximum atomic E-state index is 13.4. The number of nitrogens with two attached hydrogens (primary N) is 1. The largest absolute Gasteiger partial charge is 0.320 e. The smallest absolute Gasteiger partial charge is 0.138 e. The highest BCUT2D eigenvalue weighted by molar-refractivity contribution is 7.98. The molecule has 0 bridgehead atoms. The molecule has 1 aromatic carbocycles. The first-order valence-electron chi connectivity index (χ1n) is 5.68. The molecule has 17 heavy (non-hydrogen) atoms. The van der Waals surface area contributed by atoms with E-state index < -0.39 is 0 Å². The standard InChI is InChI=1S/C14H18FNS/c1-11(2)9-17-10-12-5-6-14(15)13(8-12)4-3-7-16/h5-6,8,11H,7,9-10,16H2,1-2H3. The summed E-state index contributed by atoms with van der Waals surface area (Å²) in [7, 11) is 0. The van der Waals surface area contributed by atoms with Crippen LogP contribution in [0.2, 0.25) is 0 Å². The third kappa shape index (κ3) is 5.25. The molecule has 0 saturated carbocycles. The predicted molar refractivity (Wildman–Crippen MR) is 73.3 cm³/mol. The van der Waals surface area contributed by atoms with Gasteiger partial charge in [-0.3, -0.25) is 0 Å². The van der Waals surface area contributed by atoms with Crippen molar-refractivity contribution in [2.45, 2.75) is 19.6 Å². The zero-order valence-corrected chi connectivity index (χ0v) is 11.1. The van der Waals surface area contributed by atoms with E-state index in [9.17, 15) is 4.39 Å². The SMILES string of the molecule is CC(C)CSCc1ccc(F)c(C#CCN)c1. The first-order chi connectivity index (χ1) is 8.13. The van der Waals surface area contributed by atoms with Crippen LogP contribution in [-0.2, 0) is 5.75 Å². The van der Waals surface area contributed by atoms with Gasteiger partial charge >= 0.3 is 0 Å². The third-order valence-corrected chi connectivity index (χ3v) is 3.52. The van der Waals surface area contributed by atoms with Gasteiger partial charge in [0.25, 0.3) is 0 Å². The van der Waals surface area contributed by atoms with Crippen molar-refractivity contribution < 1.29 is 4.39 Å². The summed E-state index contributed by atoms with van der Waals surface area (Å²) in [5.41, 5.74) is 6.83. The van der Waals surface area contributed by atoms with Gasteiger partial charge < -0.3 is 5.73 Å². The fraction of sp³-hybridized carbons (Fsp3) is 0.429. The summed E-state index contributed by atoms with van der Waals surface area (Å²) in [6, 6.07) is 5.10. The molecule has 0 amide bonds. The van der Waals surface area contributed by atoms with Gasteiger partial charge in [0, 0.05) is 5.75 Å². The summed E-state index contributed by atoms with van der Waals surface area (Å²) in [5, 5.41) is 0. The Kier molecular flexibility index (Phi) is 6.10. The first-order valence-corrected chi connectivity index (χ1v) is 6.84. The Morgan fingerprint density at radius 1 is 1.41 bits per heavy atom. The molecule has 2 N–H and O–H groups in total. The second kappa shape index (κ2) is 7.37. The lowest BCUT2D eigenvalue weighted by atomic mass is 10.1. The van der Waals surface area contributed by atoms with Crippen molar-refractivity contribution in [2.24, 2.45) is 11.7 Å². The van der Waals surface area contributed by atoms with Crippen LogP contribution >= 0.6 is 11.8 Å². The van der Waals surface area contributed by atoms with Crippen molar-refractivity contribution in [3.63, 3.8) is 0 Å². The van der Waals surface area contributed by atoms with E-state index in [1.807, 2.05) is 23.9 Å². The minimum Gasteiger partial charge on any atom is -0.320 e. The van der Waals surface area contributed by atoms with Crippen LogP contribution in [0.4, 0.5) is 4.39 Å². The van der Waals surface area contributed by atoms with E-state index in [0.717, 1.165) is 17.1 Å². The minimum absolute atomic E-state index is 0.256. The predicted octanol–water partition coefficient (Wildman–Crippen LogP) is 3.03. The monoisotopic (exact) mass is 251 g/mol. The van der Waals surface area contributed by atoms with Crippen molar-refractivity contribution in [2.75, 3.05) is 12.3 Å². The molecule has 0 heterocycles. The van der Waals surface area contributed by atoms with Gasteiger partial charge in [-0.05, 0) is 29.4 Å². The molecule has 0 aromatic heterocycles. The van der Waals surface area contributed by atoms with Crippen LogP contribution in [-0.4, -0.2) is 12.3 Å². The van der Waals surface area contributed by atoms with Crippen LogP contribution < -0.4 is 5.73 Å². The van der Waals surface area contributed by atoms with Gasteiger partial charge in [-0.2, -0.15) is 11.8 Å². The van der Waals surface area contributed by atoms with Crippen LogP contribution in [0.15, 0.2) is 18.2 Å². The zero-order chi connectivity index (χ0) is 12.7. The van der Waals surface area contributed by atoms with Crippen LogP contribution in [0.5, 0.6) is 0 Å². The molecule has 0 spiro atoms. The van der Waals surface area contributed by atoms with E-state index in [2.05, 4.69) is 25.7 Å². The van der Waals surface area contributed by atoms with E-state index in [0.29, 0.717) is 11.5 Å². The second-order valence-electron chi connectivity index (χ2n) is 4.23.